The number of carbonyl (C=O) groups is 1. The zero-order valence-corrected chi connectivity index (χ0v) is 11.5. The minimum absolute atomic E-state index is 0.410. The summed E-state index contributed by atoms with van der Waals surface area (Å²) in [6.45, 7) is 6.65. The first kappa shape index (κ1) is 14.5. The van der Waals surface area contributed by atoms with Crippen molar-refractivity contribution >= 4 is 5.91 Å². The van der Waals surface area contributed by atoms with Crippen molar-refractivity contribution in [2.24, 2.45) is 11.7 Å². The topological polar surface area (TPSA) is 64.3 Å². The van der Waals surface area contributed by atoms with Gasteiger partial charge in [0, 0.05) is 5.56 Å². The molecule has 1 aromatic rings. The van der Waals surface area contributed by atoms with Gasteiger partial charge in [0.2, 0.25) is 5.91 Å². The summed E-state index contributed by atoms with van der Waals surface area (Å²) in [5.74, 6) is 0.682. The average molecular weight is 250 g/mol. The Morgan fingerprint density at radius 1 is 1.44 bits per heavy atom. The van der Waals surface area contributed by atoms with E-state index in [4.69, 9.17) is 10.5 Å². The van der Waals surface area contributed by atoms with Gasteiger partial charge >= 0.3 is 0 Å². The second-order valence-corrected chi connectivity index (χ2v) is 4.96. The average Bonchev–Trinajstić information content (AvgIpc) is 2.35. The Hall–Kier alpha value is -1.55. The molecule has 0 aliphatic carbocycles. The van der Waals surface area contributed by atoms with E-state index >= 15 is 0 Å². The molecule has 1 aromatic carbocycles. The predicted octanol–water partition coefficient (Wildman–Crippen LogP) is 1.64. The van der Waals surface area contributed by atoms with Crippen LogP contribution in [0.15, 0.2) is 24.3 Å². The maximum atomic E-state index is 11.8. The lowest BCUT2D eigenvalue weighted by Gasteiger charge is -2.30. The van der Waals surface area contributed by atoms with Gasteiger partial charge in [-0.05, 0) is 25.5 Å². The second-order valence-electron chi connectivity index (χ2n) is 4.96. The summed E-state index contributed by atoms with van der Waals surface area (Å²) in [5, 5.41) is 3.23. The number of benzene rings is 1. The number of nitrogens with two attached hydrogens (primary N) is 1. The molecule has 1 amide bonds. The Bertz CT molecular complexity index is 418. The molecule has 0 fully saturated rings. The van der Waals surface area contributed by atoms with Crippen LogP contribution in [0.1, 0.15) is 26.3 Å². The normalized spacial score (nSPS) is 14.3. The molecule has 0 radical (unpaired) electrons. The summed E-state index contributed by atoms with van der Waals surface area (Å²) in [6.07, 6.45) is 0. The molecule has 0 saturated carbocycles. The van der Waals surface area contributed by atoms with E-state index < -0.39 is 11.4 Å². The number of hydrogen-bond donors (Lipinski definition) is 2. The minimum Gasteiger partial charge on any atom is -0.496 e. The van der Waals surface area contributed by atoms with E-state index in [9.17, 15) is 4.79 Å². The van der Waals surface area contributed by atoms with Crippen molar-refractivity contribution in [1.29, 1.82) is 0 Å². The third-order valence-electron chi connectivity index (χ3n) is 3.00. The number of amides is 1. The van der Waals surface area contributed by atoms with Gasteiger partial charge in [-0.15, -0.1) is 0 Å². The van der Waals surface area contributed by atoms with Gasteiger partial charge in [-0.2, -0.15) is 0 Å². The third-order valence-corrected chi connectivity index (χ3v) is 3.00. The standard InChI is InChI=1S/C14H22N2O2/c1-10(2)9-16-14(3,13(15)17)11-7-5-6-8-12(11)18-4/h5-8,10,16H,9H2,1-4H3,(H2,15,17). The van der Waals surface area contributed by atoms with Crippen LogP contribution in [0, 0.1) is 5.92 Å². The fraction of sp³-hybridized carbons (Fsp3) is 0.500. The molecule has 100 valence electrons. The van der Waals surface area contributed by atoms with Crippen molar-refractivity contribution < 1.29 is 9.53 Å². The maximum absolute atomic E-state index is 11.8. The van der Waals surface area contributed by atoms with Gasteiger partial charge in [0.25, 0.3) is 0 Å². The van der Waals surface area contributed by atoms with E-state index in [1.807, 2.05) is 24.3 Å². The highest BCUT2D eigenvalue weighted by Crippen LogP contribution is 2.29. The van der Waals surface area contributed by atoms with Crippen molar-refractivity contribution in [2.75, 3.05) is 13.7 Å². The molecule has 0 aliphatic rings. The molecular formula is C14H22N2O2. The highest BCUT2D eigenvalue weighted by Gasteiger charge is 2.35. The van der Waals surface area contributed by atoms with Crippen LogP contribution in [0.4, 0.5) is 0 Å². The SMILES string of the molecule is COc1ccccc1C(C)(NCC(C)C)C(N)=O. The summed E-state index contributed by atoms with van der Waals surface area (Å²) in [4.78, 5) is 11.8. The Kier molecular flexibility index (Phi) is 4.73. The summed E-state index contributed by atoms with van der Waals surface area (Å²) in [7, 11) is 1.59. The molecule has 0 heterocycles. The highest BCUT2D eigenvalue weighted by atomic mass is 16.5. The monoisotopic (exact) mass is 250 g/mol. The van der Waals surface area contributed by atoms with Crippen LogP contribution in [-0.4, -0.2) is 19.6 Å². The predicted molar refractivity (Wildman–Crippen MR) is 72.4 cm³/mol. The highest BCUT2D eigenvalue weighted by molar-refractivity contribution is 5.86. The molecular weight excluding hydrogens is 228 g/mol. The lowest BCUT2D eigenvalue weighted by atomic mass is 9.89. The van der Waals surface area contributed by atoms with Crippen molar-refractivity contribution in [1.82, 2.24) is 5.32 Å². The Labute approximate surface area is 109 Å². The van der Waals surface area contributed by atoms with Crippen molar-refractivity contribution in [3.63, 3.8) is 0 Å². The molecule has 4 heteroatoms. The van der Waals surface area contributed by atoms with Gasteiger partial charge in [-0.25, -0.2) is 0 Å². The van der Waals surface area contributed by atoms with Crippen LogP contribution in [0.3, 0.4) is 0 Å². The molecule has 1 rings (SSSR count). The zero-order chi connectivity index (χ0) is 13.8. The van der Waals surface area contributed by atoms with Crippen molar-refractivity contribution in [3.8, 4) is 5.75 Å². The van der Waals surface area contributed by atoms with Crippen LogP contribution < -0.4 is 15.8 Å². The Morgan fingerprint density at radius 3 is 2.56 bits per heavy atom. The van der Waals surface area contributed by atoms with Crippen LogP contribution in [0.2, 0.25) is 0 Å². The summed E-state index contributed by atoms with van der Waals surface area (Å²) in [5.41, 5.74) is 5.40. The number of rotatable bonds is 6. The zero-order valence-electron chi connectivity index (χ0n) is 11.5. The number of nitrogens with one attached hydrogen (secondary N) is 1. The molecule has 3 N–H and O–H groups in total. The van der Waals surface area contributed by atoms with E-state index in [2.05, 4.69) is 19.2 Å². The van der Waals surface area contributed by atoms with Gasteiger partial charge in [0.1, 0.15) is 11.3 Å². The first-order valence-electron chi connectivity index (χ1n) is 6.10. The molecule has 0 saturated heterocycles. The number of methoxy groups -OCH3 is 1. The van der Waals surface area contributed by atoms with Gasteiger partial charge in [-0.3, -0.25) is 10.1 Å². The fourth-order valence-corrected chi connectivity index (χ4v) is 1.78. The van der Waals surface area contributed by atoms with Gasteiger partial charge in [-0.1, -0.05) is 32.0 Å². The number of carbonyl (C=O) groups excluding carboxylic acids is 1. The maximum Gasteiger partial charge on any atom is 0.242 e. The van der Waals surface area contributed by atoms with E-state index in [1.165, 1.54) is 0 Å². The second kappa shape index (κ2) is 5.87. The molecule has 0 aliphatic heterocycles. The molecule has 4 nitrogen and oxygen atoms in total. The first-order valence-corrected chi connectivity index (χ1v) is 6.10. The summed E-state index contributed by atoms with van der Waals surface area (Å²) >= 11 is 0. The van der Waals surface area contributed by atoms with E-state index in [0.717, 1.165) is 5.56 Å². The molecule has 18 heavy (non-hydrogen) atoms. The van der Waals surface area contributed by atoms with E-state index in [0.29, 0.717) is 18.2 Å². The van der Waals surface area contributed by atoms with Crippen LogP contribution >= 0.6 is 0 Å². The largest absolute Gasteiger partial charge is 0.496 e. The number of ether oxygens (including phenoxy) is 1. The summed E-state index contributed by atoms with van der Waals surface area (Å²) in [6, 6.07) is 7.42. The smallest absolute Gasteiger partial charge is 0.242 e. The van der Waals surface area contributed by atoms with Crippen LogP contribution in [-0.2, 0) is 10.3 Å². The van der Waals surface area contributed by atoms with Gasteiger partial charge in [0.15, 0.2) is 0 Å². The fourth-order valence-electron chi connectivity index (χ4n) is 1.78. The molecule has 0 aromatic heterocycles. The number of primary amides is 1. The van der Waals surface area contributed by atoms with Crippen LogP contribution in [0.5, 0.6) is 5.75 Å². The van der Waals surface area contributed by atoms with E-state index in [1.54, 1.807) is 14.0 Å². The quantitative estimate of drug-likeness (QED) is 0.806. The Morgan fingerprint density at radius 2 is 2.06 bits per heavy atom. The molecule has 0 spiro atoms. The molecule has 1 atom stereocenters. The molecule has 1 unspecified atom stereocenters. The Balaban J connectivity index is 3.14. The van der Waals surface area contributed by atoms with Gasteiger partial charge in [0.05, 0.1) is 7.11 Å². The van der Waals surface area contributed by atoms with Gasteiger partial charge < -0.3 is 10.5 Å². The van der Waals surface area contributed by atoms with E-state index in [-0.39, 0.29) is 0 Å². The third kappa shape index (κ3) is 3.01. The number of hydrogen-bond acceptors (Lipinski definition) is 3. The van der Waals surface area contributed by atoms with Crippen molar-refractivity contribution in [2.45, 2.75) is 26.3 Å². The summed E-state index contributed by atoms with van der Waals surface area (Å²) < 4.78 is 5.30. The molecule has 0 bridgehead atoms. The first-order chi connectivity index (χ1) is 8.41. The lowest BCUT2D eigenvalue weighted by molar-refractivity contribution is -0.124. The van der Waals surface area contributed by atoms with Crippen molar-refractivity contribution in [3.05, 3.63) is 29.8 Å². The van der Waals surface area contributed by atoms with Crippen LogP contribution in [0.25, 0.3) is 0 Å². The number of para-hydroxylation sites is 1. The minimum atomic E-state index is -0.920. The lowest BCUT2D eigenvalue weighted by Crippen LogP contribution is -2.51.